The standard InChI is InChI=1S/C28H40NO2.ClH/c1-4-5-6-7-8-9-10-11-12-18-23-29(2,3)26-22-17-16-21-25(26)28(31)27(30)24-19-14-13-15-20-24;/h13-17,19-22H,4-12,18,23H2,1-3H3;1H/q+1;/p-1. The number of Topliss-reactive ketones (excluding diaryl/α,β-unsaturated/α-hetero) is 2. The van der Waals surface area contributed by atoms with Crippen molar-refractivity contribution in [3.05, 3.63) is 65.7 Å². The average Bonchev–Trinajstić information content (AvgIpc) is 2.80. The predicted octanol–water partition coefficient (Wildman–Crippen LogP) is 4.24. The molecule has 0 fully saturated rings. The van der Waals surface area contributed by atoms with Gasteiger partial charge in [0.05, 0.1) is 26.2 Å². The number of quaternary nitrogens is 1. The molecule has 32 heavy (non-hydrogen) atoms. The van der Waals surface area contributed by atoms with Gasteiger partial charge in [-0.05, 0) is 25.0 Å². The van der Waals surface area contributed by atoms with Gasteiger partial charge in [0.25, 0.3) is 0 Å². The Morgan fingerprint density at radius 2 is 1.16 bits per heavy atom. The van der Waals surface area contributed by atoms with E-state index in [1.54, 1.807) is 30.3 Å². The van der Waals surface area contributed by atoms with Crippen LogP contribution in [0.1, 0.15) is 91.8 Å². The van der Waals surface area contributed by atoms with Gasteiger partial charge in [0.2, 0.25) is 11.6 Å². The molecule has 0 amide bonds. The van der Waals surface area contributed by atoms with E-state index in [1.807, 2.05) is 24.3 Å². The lowest BCUT2D eigenvalue weighted by Crippen LogP contribution is -3.00. The Bertz CT molecular complexity index is 817. The number of nitrogens with zero attached hydrogens (tertiary/aromatic N) is 1. The molecule has 4 heteroatoms. The highest BCUT2D eigenvalue weighted by Gasteiger charge is 2.28. The maximum Gasteiger partial charge on any atom is 0.239 e. The van der Waals surface area contributed by atoms with E-state index in [0.717, 1.165) is 18.7 Å². The van der Waals surface area contributed by atoms with Crippen LogP contribution in [0.4, 0.5) is 5.69 Å². The number of para-hydroxylation sites is 1. The molecular formula is C28H40ClNO2. The van der Waals surface area contributed by atoms with Crippen LogP contribution in [-0.2, 0) is 0 Å². The van der Waals surface area contributed by atoms with E-state index < -0.39 is 11.6 Å². The first-order valence-corrected chi connectivity index (χ1v) is 12.0. The zero-order valence-electron chi connectivity index (χ0n) is 20.1. The highest BCUT2D eigenvalue weighted by molar-refractivity contribution is 6.50. The first-order chi connectivity index (χ1) is 15.0. The van der Waals surface area contributed by atoms with Crippen LogP contribution in [0.5, 0.6) is 0 Å². The minimum atomic E-state index is -0.438. The highest BCUT2D eigenvalue weighted by Crippen LogP contribution is 2.26. The van der Waals surface area contributed by atoms with Crippen molar-refractivity contribution in [3.63, 3.8) is 0 Å². The van der Waals surface area contributed by atoms with Crippen molar-refractivity contribution < 1.29 is 22.0 Å². The second-order valence-electron chi connectivity index (χ2n) is 9.13. The molecule has 0 heterocycles. The molecule has 0 atom stereocenters. The number of hydrogen-bond donors (Lipinski definition) is 0. The fourth-order valence-electron chi connectivity index (χ4n) is 4.15. The van der Waals surface area contributed by atoms with Gasteiger partial charge >= 0.3 is 0 Å². The summed E-state index contributed by atoms with van der Waals surface area (Å²) in [5.74, 6) is -0.858. The molecule has 2 rings (SSSR count). The number of hydrogen-bond acceptors (Lipinski definition) is 2. The zero-order valence-corrected chi connectivity index (χ0v) is 20.9. The largest absolute Gasteiger partial charge is 1.00 e. The van der Waals surface area contributed by atoms with Crippen molar-refractivity contribution in [2.75, 3.05) is 20.6 Å². The second-order valence-corrected chi connectivity index (χ2v) is 9.13. The SMILES string of the molecule is CCCCCCCCCCCC[N+](C)(C)c1ccccc1C(=O)C(=O)c1ccccc1.[Cl-]. The van der Waals surface area contributed by atoms with Crippen molar-refractivity contribution in [1.82, 2.24) is 4.48 Å². The third-order valence-electron chi connectivity index (χ3n) is 6.11. The van der Waals surface area contributed by atoms with Crippen molar-refractivity contribution in [1.29, 1.82) is 0 Å². The van der Waals surface area contributed by atoms with Crippen molar-refractivity contribution >= 4 is 17.3 Å². The summed E-state index contributed by atoms with van der Waals surface area (Å²) in [7, 11) is 4.26. The number of rotatable bonds is 15. The van der Waals surface area contributed by atoms with Crippen molar-refractivity contribution in [2.45, 2.75) is 71.1 Å². The number of unbranched alkanes of at least 4 members (excludes halogenated alkanes) is 9. The van der Waals surface area contributed by atoms with E-state index in [-0.39, 0.29) is 12.4 Å². The monoisotopic (exact) mass is 457 g/mol. The van der Waals surface area contributed by atoms with Crippen LogP contribution in [0.2, 0.25) is 0 Å². The van der Waals surface area contributed by atoms with Crippen LogP contribution in [0.25, 0.3) is 0 Å². The molecule has 2 aromatic rings. The number of benzene rings is 2. The van der Waals surface area contributed by atoms with Gasteiger partial charge < -0.3 is 12.4 Å². The molecule has 0 aliphatic carbocycles. The number of halogens is 1. The first kappa shape index (κ1) is 28.1. The van der Waals surface area contributed by atoms with Crippen LogP contribution >= 0.6 is 0 Å². The molecule has 2 aromatic carbocycles. The molecule has 0 spiro atoms. The second kappa shape index (κ2) is 15.0. The number of carbonyl (C=O) groups excluding carboxylic acids is 2. The van der Waals surface area contributed by atoms with E-state index in [9.17, 15) is 9.59 Å². The van der Waals surface area contributed by atoms with Crippen LogP contribution in [0.15, 0.2) is 54.6 Å². The van der Waals surface area contributed by atoms with Gasteiger partial charge in [0.15, 0.2) is 0 Å². The average molecular weight is 458 g/mol. The van der Waals surface area contributed by atoms with Crippen molar-refractivity contribution in [2.24, 2.45) is 0 Å². The van der Waals surface area contributed by atoms with Gasteiger partial charge in [-0.3, -0.25) is 14.1 Å². The lowest BCUT2D eigenvalue weighted by atomic mass is 9.99. The maximum atomic E-state index is 13.0. The minimum Gasteiger partial charge on any atom is -1.00 e. The van der Waals surface area contributed by atoms with E-state index >= 15 is 0 Å². The Hall–Kier alpha value is -1.97. The molecule has 0 bridgehead atoms. The minimum absolute atomic E-state index is 0. The summed E-state index contributed by atoms with van der Waals surface area (Å²) in [4.78, 5) is 25.7. The molecule has 0 aliphatic rings. The van der Waals surface area contributed by atoms with E-state index in [1.165, 1.54) is 57.8 Å². The Morgan fingerprint density at radius 3 is 1.75 bits per heavy atom. The third-order valence-corrected chi connectivity index (χ3v) is 6.11. The van der Waals surface area contributed by atoms with E-state index in [2.05, 4.69) is 21.0 Å². The molecule has 0 N–H and O–H groups in total. The van der Waals surface area contributed by atoms with Gasteiger partial charge in [0, 0.05) is 5.56 Å². The molecule has 0 saturated carbocycles. The Kier molecular flexibility index (Phi) is 13.1. The highest BCUT2D eigenvalue weighted by atomic mass is 35.5. The van der Waals surface area contributed by atoms with Gasteiger partial charge in [-0.25, -0.2) is 0 Å². The molecule has 0 unspecified atom stereocenters. The molecule has 0 aliphatic heterocycles. The molecule has 0 saturated heterocycles. The molecule has 3 nitrogen and oxygen atoms in total. The fourth-order valence-corrected chi connectivity index (χ4v) is 4.15. The number of carbonyl (C=O) groups is 2. The van der Waals surface area contributed by atoms with Crippen molar-refractivity contribution in [3.8, 4) is 0 Å². The topological polar surface area (TPSA) is 34.1 Å². The zero-order chi connectivity index (χ0) is 22.5. The summed E-state index contributed by atoms with van der Waals surface area (Å²) in [5.41, 5.74) is 1.89. The van der Waals surface area contributed by atoms with Crippen LogP contribution in [0.3, 0.4) is 0 Å². The van der Waals surface area contributed by atoms with Gasteiger partial charge in [-0.2, -0.15) is 0 Å². The third kappa shape index (κ3) is 8.88. The Labute approximate surface area is 201 Å². The van der Waals surface area contributed by atoms with Crippen LogP contribution in [0, 0.1) is 0 Å². The summed E-state index contributed by atoms with van der Waals surface area (Å²) in [6, 6.07) is 16.4. The molecular weight excluding hydrogens is 418 g/mol. The summed E-state index contributed by atoms with van der Waals surface area (Å²) in [6.45, 7) is 3.22. The molecule has 0 aromatic heterocycles. The summed E-state index contributed by atoms with van der Waals surface area (Å²) in [6.07, 6.45) is 13.1. The molecule has 0 radical (unpaired) electrons. The summed E-state index contributed by atoms with van der Waals surface area (Å²) < 4.78 is 0.612. The summed E-state index contributed by atoms with van der Waals surface area (Å²) in [5, 5.41) is 0. The summed E-state index contributed by atoms with van der Waals surface area (Å²) >= 11 is 0. The van der Waals surface area contributed by atoms with Gasteiger partial charge in [0.1, 0.15) is 5.69 Å². The number of ketones is 2. The van der Waals surface area contributed by atoms with Gasteiger partial charge in [-0.15, -0.1) is 0 Å². The first-order valence-electron chi connectivity index (χ1n) is 12.0. The van der Waals surface area contributed by atoms with Crippen LogP contribution < -0.4 is 16.9 Å². The molecule has 176 valence electrons. The fraction of sp³-hybridized carbons (Fsp3) is 0.500. The smallest absolute Gasteiger partial charge is 0.239 e. The van der Waals surface area contributed by atoms with E-state index in [4.69, 9.17) is 0 Å². The lowest BCUT2D eigenvalue weighted by Gasteiger charge is -2.30. The maximum absolute atomic E-state index is 13.0. The quantitative estimate of drug-likeness (QED) is 0.173. The normalized spacial score (nSPS) is 11.1. The Morgan fingerprint density at radius 1 is 0.656 bits per heavy atom. The van der Waals surface area contributed by atoms with E-state index in [0.29, 0.717) is 15.6 Å². The Balaban J connectivity index is 0.00000512. The van der Waals surface area contributed by atoms with Crippen LogP contribution in [-0.4, -0.2) is 32.2 Å². The lowest BCUT2D eigenvalue weighted by molar-refractivity contribution is -0.0000180. The predicted molar refractivity (Wildman–Crippen MR) is 132 cm³/mol. The van der Waals surface area contributed by atoms with Gasteiger partial charge in [-0.1, -0.05) is 101 Å².